The maximum absolute atomic E-state index is 12.9. The van der Waals surface area contributed by atoms with Gasteiger partial charge >= 0.3 is 0 Å². The van der Waals surface area contributed by atoms with Crippen LogP contribution in [0.25, 0.3) is 21.7 Å². The van der Waals surface area contributed by atoms with Crippen LogP contribution in [0, 0.1) is 0 Å². The molecule has 22 heavy (non-hydrogen) atoms. The van der Waals surface area contributed by atoms with Crippen LogP contribution in [0.3, 0.4) is 0 Å². The van der Waals surface area contributed by atoms with E-state index in [0.29, 0.717) is 11.1 Å². The lowest BCUT2D eigenvalue weighted by Crippen LogP contribution is -2.00. The minimum atomic E-state index is 0.0314. The predicted octanol–water partition coefficient (Wildman–Crippen LogP) is 5.31. The third-order valence-corrected chi connectivity index (χ3v) is 4.57. The molecule has 0 amide bonds. The minimum Gasteiger partial charge on any atom is -0.360 e. The summed E-state index contributed by atoms with van der Waals surface area (Å²) in [5.41, 5.74) is 2.35. The molecule has 1 aromatic heterocycles. The lowest BCUT2D eigenvalue weighted by molar-refractivity contribution is 0.104. The molecule has 0 saturated carbocycles. The van der Waals surface area contributed by atoms with E-state index in [0.717, 1.165) is 26.1 Å². The van der Waals surface area contributed by atoms with Crippen molar-refractivity contribution in [2.75, 3.05) is 0 Å². The molecule has 3 heteroatoms. The largest absolute Gasteiger partial charge is 0.360 e. The fourth-order valence-corrected chi connectivity index (χ4v) is 3.39. The molecule has 0 spiro atoms. The average molecular weight is 350 g/mol. The van der Waals surface area contributed by atoms with Crippen LogP contribution in [-0.2, 0) is 0 Å². The zero-order valence-electron chi connectivity index (χ0n) is 11.6. The molecule has 4 rings (SSSR count). The number of carbonyl (C=O) groups excluding carboxylic acids is 1. The van der Waals surface area contributed by atoms with Gasteiger partial charge in [-0.15, -0.1) is 0 Å². The smallest absolute Gasteiger partial charge is 0.195 e. The summed E-state index contributed by atoms with van der Waals surface area (Å²) in [6.07, 6.45) is 1.78. The van der Waals surface area contributed by atoms with Gasteiger partial charge in [-0.2, -0.15) is 0 Å². The van der Waals surface area contributed by atoms with E-state index >= 15 is 0 Å². The molecule has 1 heterocycles. The van der Waals surface area contributed by atoms with E-state index in [-0.39, 0.29) is 5.78 Å². The zero-order chi connectivity index (χ0) is 15.1. The Kier molecular flexibility index (Phi) is 3.09. The minimum absolute atomic E-state index is 0.0314. The summed E-state index contributed by atoms with van der Waals surface area (Å²) in [5, 5.41) is 3.15. The maximum atomic E-state index is 12.9. The second kappa shape index (κ2) is 5.11. The van der Waals surface area contributed by atoms with Crippen molar-refractivity contribution >= 4 is 43.4 Å². The SMILES string of the molecule is O=C(c1ccc2ccccc2c1)c1c[nH]c2cccc(Br)c12. The highest BCUT2D eigenvalue weighted by molar-refractivity contribution is 9.10. The number of halogens is 1. The van der Waals surface area contributed by atoms with Crippen LogP contribution in [0.5, 0.6) is 0 Å². The van der Waals surface area contributed by atoms with Crippen LogP contribution < -0.4 is 0 Å². The molecule has 106 valence electrons. The van der Waals surface area contributed by atoms with Gasteiger partial charge in [0.15, 0.2) is 5.78 Å². The Morgan fingerprint density at radius 2 is 1.73 bits per heavy atom. The van der Waals surface area contributed by atoms with Gasteiger partial charge in [-0.25, -0.2) is 0 Å². The van der Waals surface area contributed by atoms with Gasteiger partial charge in [-0.3, -0.25) is 4.79 Å². The number of H-pyrrole nitrogens is 1. The maximum Gasteiger partial charge on any atom is 0.195 e. The molecule has 0 fully saturated rings. The molecule has 1 N–H and O–H groups in total. The molecule has 2 nitrogen and oxygen atoms in total. The number of ketones is 1. The van der Waals surface area contributed by atoms with Crippen molar-refractivity contribution < 1.29 is 4.79 Å². The Morgan fingerprint density at radius 3 is 2.59 bits per heavy atom. The van der Waals surface area contributed by atoms with E-state index in [4.69, 9.17) is 0 Å². The molecule has 0 aliphatic rings. The second-order valence-electron chi connectivity index (χ2n) is 5.26. The molecule has 0 radical (unpaired) electrons. The van der Waals surface area contributed by atoms with E-state index in [9.17, 15) is 4.79 Å². The topological polar surface area (TPSA) is 32.9 Å². The molecule has 0 bridgehead atoms. The average Bonchev–Trinajstić information content (AvgIpc) is 2.99. The first kappa shape index (κ1) is 13.3. The molecule has 3 aromatic carbocycles. The standard InChI is InChI=1S/C19H12BrNO/c20-16-6-3-7-17-18(16)15(11-21-17)19(22)14-9-8-12-4-1-2-5-13(12)10-14/h1-11,21H. The van der Waals surface area contributed by atoms with Gasteiger partial charge in [-0.1, -0.05) is 58.4 Å². The summed E-state index contributed by atoms with van der Waals surface area (Å²) in [7, 11) is 0. The fourth-order valence-electron chi connectivity index (χ4n) is 2.81. The number of carbonyl (C=O) groups is 1. The number of aromatic nitrogens is 1. The molecule has 4 aromatic rings. The summed E-state index contributed by atoms with van der Waals surface area (Å²) in [4.78, 5) is 16.0. The lowest BCUT2D eigenvalue weighted by atomic mass is 9.99. The van der Waals surface area contributed by atoms with Crippen molar-refractivity contribution in [2.24, 2.45) is 0 Å². The van der Waals surface area contributed by atoms with E-state index in [1.54, 1.807) is 6.20 Å². The number of aromatic amines is 1. The van der Waals surface area contributed by atoms with E-state index < -0.39 is 0 Å². The predicted molar refractivity (Wildman–Crippen MR) is 93.4 cm³/mol. The molecule has 0 unspecified atom stereocenters. The first-order valence-corrected chi connectivity index (χ1v) is 7.82. The van der Waals surface area contributed by atoms with Gasteiger partial charge in [0.2, 0.25) is 0 Å². The Balaban J connectivity index is 1.88. The van der Waals surface area contributed by atoms with E-state index in [1.165, 1.54) is 0 Å². The van der Waals surface area contributed by atoms with Crippen LogP contribution in [0.15, 0.2) is 71.3 Å². The van der Waals surface area contributed by atoms with Gasteiger partial charge in [-0.05, 0) is 29.0 Å². The Morgan fingerprint density at radius 1 is 0.909 bits per heavy atom. The van der Waals surface area contributed by atoms with E-state index in [1.807, 2.05) is 60.7 Å². The molecular formula is C19H12BrNO. The van der Waals surface area contributed by atoms with Crippen molar-refractivity contribution in [3.05, 3.63) is 82.5 Å². The summed E-state index contributed by atoms with van der Waals surface area (Å²) >= 11 is 3.54. The highest BCUT2D eigenvalue weighted by Crippen LogP contribution is 2.29. The van der Waals surface area contributed by atoms with Gasteiger partial charge in [0.25, 0.3) is 0 Å². The first-order chi connectivity index (χ1) is 10.7. The Hall–Kier alpha value is -2.39. The number of benzene rings is 3. The van der Waals surface area contributed by atoms with Crippen LogP contribution in [0.2, 0.25) is 0 Å². The molecule has 0 aliphatic carbocycles. The fraction of sp³-hybridized carbons (Fsp3) is 0. The third-order valence-electron chi connectivity index (χ3n) is 3.91. The summed E-state index contributed by atoms with van der Waals surface area (Å²) in [6, 6.07) is 19.8. The summed E-state index contributed by atoms with van der Waals surface area (Å²) < 4.78 is 0.926. The van der Waals surface area contributed by atoms with Crippen LogP contribution in [0.4, 0.5) is 0 Å². The lowest BCUT2D eigenvalue weighted by Gasteiger charge is -2.03. The monoisotopic (exact) mass is 349 g/mol. The van der Waals surface area contributed by atoms with Gasteiger partial charge < -0.3 is 4.98 Å². The number of rotatable bonds is 2. The second-order valence-corrected chi connectivity index (χ2v) is 6.11. The van der Waals surface area contributed by atoms with Gasteiger partial charge in [0, 0.05) is 32.7 Å². The molecule has 0 saturated heterocycles. The summed E-state index contributed by atoms with van der Waals surface area (Å²) in [5.74, 6) is 0.0314. The highest BCUT2D eigenvalue weighted by atomic mass is 79.9. The van der Waals surface area contributed by atoms with Crippen molar-refractivity contribution in [1.29, 1.82) is 0 Å². The van der Waals surface area contributed by atoms with E-state index in [2.05, 4.69) is 20.9 Å². The number of hydrogen-bond donors (Lipinski definition) is 1. The number of fused-ring (bicyclic) bond motifs is 2. The van der Waals surface area contributed by atoms with Crippen LogP contribution in [-0.4, -0.2) is 10.8 Å². The Labute approximate surface area is 135 Å². The van der Waals surface area contributed by atoms with Crippen LogP contribution >= 0.6 is 15.9 Å². The van der Waals surface area contributed by atoms with Crippen LogP contribution in [0.1, 0.15) is 15.9 Å². The summed E-state index contributed by atoms with van der Waals surface area (Å²) in [6.45, 7) is 0. The van der Waals surface area contributed by atoms with Crippen molar-refractivity contribution in [3.8, 4) is 0 Å². The number of nitrogens with one attached hydrogen (secondary N) is 1. The molecular weight excluding hydrogens is 338 g/mol. The third kappa shape index (κ3) is 2.06. The van der Waals surface area contributed by atoms with Crippen molar-refractivity contribution in [2.45, 2.75) is 0 Å². The first-order valence-electron chi connectivity index (χ1n) is 7.03. The number of hydrogen-bond acceptors (Lipinski definition) is 1. The zero-order valence-corrected chi connectivity index (χ0v) is 13.2. The normalized spacial score (nSPS) is 11.1. The quantitative estimate of drug-likeness (QED) is 0.488. The van der Waals surface area contributed by atoms with Crippen molar-refractivity contribution in [1.82, 2.24) is 4.98 Å². The van der Waals surface area contributed by atoms with Crippen molar-refractivity contribution in [3.63, 3.8) is 0 Å². The molecule has 0 atom stereocenters. The van der Waals surface area contributed by atoms with Gasteiger partial charge in [0.05, 0.1) is 0 Å². The molecule has 0 aliphatic heterocycles. The van der Waals surface area contributed by atoms with Gasteiger partial charge in [0.1, 0.15) is 0 Å². The Bertz CT molecular complexity index is 1020. The highest BCUT2D eigenvalue weighted by Gasteiger charge is 2.16.